The van der Waals surface area contributed by atoms with Gasteiger partial charge in [-0.1, -0.05) is 30.3 Å². The summed E-state index contributed by atoms with van der Waals surface area (Å²) in [5, 5.41) is 0. The van der Waals surface area contributed by atoms with Gasteiger partial charge in [-0.05, 0) is 18.4 Å². The van der Waals surface area contributed by atoms with Crippen LogP contribution in [0.25, 0.3) is 0 Å². The summed E-state index contributed by atoms with van der Waals surface area (Å²) >= 11 is 0. The Bertz CT molecular complexity index is 419. The maximum absolute atomic E-state index is 5.96. The van der Waals surface area contributed by atoms with Crippen molar-refractivity contribution in [2.24, 2.45) is 11.8 Å². The van der Waals surface area contributed by atoms with Gasteiger partial charge in [-0.3, -0.25) is 0 Å². The molecule has 1 aromatic rings. The summed E-state index contributed by atoms with van der Waals surface area (Å²) in [7, 11) is 0. The van der Waals surface area contributed by atoms with Crippen LogP contribution in [0.4, 0.5) is 0 Å². The van der Waals surface area contributed by atoms with E-state index >= 15 is 0 Å². The molecule has 3 heteroatoms. The maximum atomic E-state index is 5.96. The quantitative estimate of drug-likeness (QED) is 0.819. The fraction of sp³-hybridized carbons (Fsp3) is 0.600. The van der Waals surface area contributed by atoms with Gasteiger partial charge in [-0.2, -0.15) is 0 Å². The molecule has 3 aliphatic heterocycles. The average molecular weight is 246 g/mol. The fourth-order valence-corrected chi connectivity index (χ4v) is 3.64. The van der Waals surface area contributed by atoms with Crippen LogP contribution >= 0.6 is 0 Å². The first-order chi connectivity index (χ1) is 8.92. The summed E-state index contributed by atoms with van der Waals surface area (Å²) in [4.78, 5) is 0. The summed E-state index contributed by atoms with van der Waals surface area (Å²) in [5.74, 6) is 1.04. The number of fused-ring (bicyclic) bond motifs is 5. The molecule has 4 unspecified atom stereocenters. The zero-order chi connectivity index (χ0) is 11.9. The van der Waals surface area contributed by atoms with E-state index in [4.69, 9.17) is 14.2 Å². The van der Waals surface area contributed by atoms with Gasteiger partial charge in [0, 0.05) is 11.8 Å². The average Bonchev–Trinajstić information content (AvgIpc) is 3.11. The standard InChI is InChI=1S/C15H18O3/c1-2-4-10(5-3-1)8-16-15-14-11(9-17-15)12-6-7-13(14)18-12/h1-5,11-15H,6-9H2/t11-,12?,13?,14?,15?/m1/s1. The normalized spacial score (nSPS) is 41.2. The highest BCUT2D eigenvalue weighted by molar-refractivity contribution is 5.13. The molecule has 3 saturated heterocycles. The molecule has 3 fully saturated rings. The van der Waals surface area contributed by atoms with Crippen LogP contribution in [0.15, 0.2) is 30.3 Å². The van der Waals surface area contributed by atoms with E-state index in [0.717, 1.165) is 6.61 Å². The second-order valence-electron chi connectivity index (χ2n) is 5.53. The summed E-state index contributed by atoms with van der Waals surface area (Å²) in [5.41, 5.74) is 1.20. The zero-order valence-electron chi connectivity index (χ0n) is 10.3. The van der Waals surface area contributed by atoms with Crippen molar-refractivity contribution >= 4 is 0 Å². The lowest BCUT2D eigenvalue weighted by molar-refractivity contribution is -0.153. The molecule has 18 heavy (non-hydrogen) atoms. The van der Waals surface area contributed by atoms with Gasteiger partial charge in [0.25, 0.3) is 0 Å². The largest absolute Gasteiger partial charge is 0.374 e. The smallest absolute Gasteiger partial charge is 0.163 e. The predicted octanol–water partition coefficient (Wildman–Crippen LogP) is 2.35. The molecule has 0 saturated carbocycles. The molecule has 0 N–H and O–H groups in total. The topological polar surface area (TPSA) is 27.7 Å². The molecule has 3 heterocycles. The van der Waals surface area contributed by atoms with Crippen molar-refractivity contribution in [2.45, 2.75) is 37.9 Å². The SMILES string of the molecule is c1ccc(COC2OC[C@@H]3C4CCC(O4)C23)cc1. The molecule has 0 radical (unpaired) electrons. The van der Waals surface area contributed by atoms with Gasteiger partial charge in [-0.25, -0.2) is 0 Å². The first-order valence-electron chi connectivity index (χ1n) is 6.84. The molecular weight excluding hydrogens is 228 g/mol. The lowest BCUT2D eigenvalue weighted by Gasteiger charge is -2.23. The second-order valence-corrected chi connectivity index (χ2v) is 5.53. The van der Waals surface area contributed by atoms with E-state index in [1.807, 2.05) is 18.2 Å². The molecule has 96 valence electrons. The van der Waals surface area contributed by atoms with Crippen LogP contribution < -0.4 is 0 Å². The Hall–Kier alpha value is -0.900. The molecule has 3 aliphatic rings. The van der Waals surface area contributed by atoms with Crippen LogP contribution in [-0.2, 0) is 20.8 Å². The maximum Gasteiger partial charge on any atom is 0.163 e. The molecule has 0 aromatic heterocycles. The van der Waals surface area contributed by atoms with Gasteiger partial charge in [0.2, 0.25) is 0 Å². The second kappa shape index (κ2) is 4.34. The number of rotatable bonds is 3. The summed E-state index contributed by atoms with van der Waals surface area (Å²) in [6, 6.07) is 10.3. The molecule has 2 bridgehead atoms. The lowest BCUT2D eigenvalue weighted by atomic mass is 9.81. The Balaban J connectivity index is 1.41. The molecule has 0 spiro atoms. The van der Waals surface area contributed by atoms with E-state index in [0.29, 0.717) is 30.7 Å². The highest BCUT2D eigenvalue weighted by Crippen LogP contribution is 2.49. The lowest BCUT2D eigenvalue weighted by Crippen LogP contribution is -2.32. The Kier molecular flexibility index (Phi) is 2.64. The number of hydrogen-bond acceptors (Lipinski definition) is 3. The van der Waals surface area contributed by atoms with Crippen LogP contribution in [0, 0.1) is 11.8 Å². The summed E-state index contributed by atoms with van der Waals surface area (Å²) in [6.07, 6.45) is 3.14. The van der Waals surface area contributed by atoms with E-state index in [-0.39, 0.29) is 6.29 Å². The molecule has 4 rings (SSSR count). The van der Waals surface area contributed by atoms with Gasteiger partial charge in [0.05, 0.1) is 25.4 Å². The van der Waals surface area contributed by atoms with Gasteiger partial charge in [-0.15, -0.1) is 0 Å². The van der Waals surface area contributed by atoms with Gasteiger partial charge in [0.1, 0.15) is 0 Å². The Morgan fingerprint density at radius 2 is 1.94 bits per heavy atom. The van der Waals surface area contributed by atoms with E-state index in [9.17, 15) is 0 Å². The molecule has 0 amide bonds. The first kappa shape index (κ1) is 11.0. The van der Waals surface area contributed by atoms with Crippen LogP contribution in [0.5, 0.6) is 0 Å². The minimum Gasteiger partial charge on any atom is -0.374 e. The minimum absolute atomic E-state index is 0.0643. The molecule has 5 atom stereocenters. The van der Waals surface area contributed by atoms with Crippen molar-refractivity contribution in [2.75, 3.05) is 6.61 Å². The van der Waals surface area contributed by atoms with Crippen LogP contribution in [0.1, 0.15) is 18.4 Å². The number of hydrogen-bond donors (Lipinski definition) is 0. The van der Waals surface area contributed by atoms with Crippen molar-refractivity contribution < 1.29 is 14.2 Å². The number of ether oxygens (including phenoxy) is 3. The van der Waals surface area contributed by atoms with Crippen molar-refractivity contribution in [3.63, 3.8) is 0 Å². The first-order valence-corrected chi connectivity index (χ1v) is 6.84. The van der Waals surface area contributed by atoms with Crippen molar-refractivity contribution in [3.8, 4) is 0 Å². The van der Waals surface area contributed by atoms with E-state index < -0.39 is 0 Å². The molecular formula is C15H18O3. The molecule has 1 aromatic carbocycles. The van der Waals surface area contributed by atoms with Crippen molar-refractivity contribution in [1.29, 1.82) is 0 Å². The van der Waals surface area contributed by atoms with Crippen LogP contribution in [0.2, 0.25) is 0 Å². The third kappa shape index (κ3) is 1.69. The Labute approximate surface area is 107 Å². The van der Waals surface area contributed by atoms with E-state index in [1.165, 1.54) is 18.4 Å². The predicted molar refractivity (Wildman–Crippen MR) is 65.8 cm³/mol. The third-order valence-corrected chi connectivity index (χ3v) is 4.51. The van der Waals surface area contributed by atoms with Crippen LogP contribution in [-0.4, -0.2) is 25.1 Å². The van der Waals surface area contributed by atoms with Gasteiger partial charge >= 0.3 is 0 Å². The molecule has 0 aliphatic carbocycles. The van der Waals surface area contributed by atoms with Crippen LogP contribution in [0.3, 0.4) is 0 Å². The third-order valence-electron chi connectivity index (χ3n) is 4.51. The number of benzene rings is 1. The van der Waals surface area contributed by atoms with Gasteiger partial charge < -0.3 is 14.2 Å². The van der Waals surface area contributed by atoms with Crippen molar-refractivity contribution in [3.05, 3.63) is 35.9 Å². The van der Waals surface area contributed by atoms with E-state index in [1.54, 1.807) is 0 Å². The Morgan fingerprint density at radius 3 is 2.83 bits per heavy atom. The highest BCUT2D eigenvalue weighted by Gasteiger charge is 2.56. The van der Waals surface area contributed by atoms with Gasteiger partial charge in [0.15, 0.2) is 6.29 Å². The highest BCUT2D eigenvalue weighted by atomic mass is 16.7. The minimum atomic E-state index is -0.0643. The monoisotopic (exact) mass is 246 g/mol. The zero-order valence-corrected chi connectivity index (χ0v) is 10.3. The van der Waals surface area contributed by atoms with E-state index in [2.05, 4.69) is 12.1 Å². The van der Waals surface area contributed by atoms with Crippen molar-refractivity contribution in [1.82, 2.24) is 0 Å². The Morgan fingerprint density at radius 1 is 1.11 bits per heavy atom. The fourth-order valence-electron chi connectivity index (χ4n) is 3.64. The summed E-state index contributed by atoms with van der Waals surface area (Å²) in [6.45, 7) is 1.44. The summed E-state index contributed by atoms with van der Waals surface area (Å²) < 4.78 is 17.7. The molecule has 3 nitrogen and oxygen atoms in total.